The summed E-state index contributed by atoms with van der Waals surface area (Å²) in [4.78, 5) is 28.5. The van der Waals surface area contributed by atoms with E-state index in [1.165, 1.54) is 14.0 Å². The Morgan fingerprint density at radius 1 is 1.27 bits per heavy atom. The number of ether oxygens (including phenoxy) is 2. The van der Waals surface area contributed by atoms with Crippen LogP contribution in [-0.2, 0) is 20.7 Å². The van der Waals surface area contributed by atoms with Gasteiger partial charge in [0.1, 0.15) is 0 Å². The molecular weight excluding hydrogens is 282 g/mol. The molecule has 0 aliphatic heterocycles. The molecule has 2 aromatic rings. The van der Waals surface area contributed by atoms with E-state index < -0.39 is 18.0 Å². The van der Waals surface area contributed by atoms with Gasteiger partial charge in [0.2, 0.25) is 0 Å². The highest BCUT2D eigenvalue weighted by molar-refractivity contribution is 6.05. The Kier molecular flexibility index (Phi) is 4.75. The number of esters is 2. The van der Waals surface area contributed by atoms with Gasteiger partial charge in [0.05, 0.1) is 18.2 Å². The summed E-state index contributed by atoms with van der Waals surface area (Å²) >= 11 is 0. The summed E-state index contributed by atoms with van der Waals surface area (Å²) in [5.74, 6) is -1.12. The van der Waals surface area contributed by atoms with Gasteiger partial charge in [-0.3, -0.25) is 4.98 Å². The molecule has 2 rings (SSSR count). The first-order valence-electron chi connectivity index (χ1n) is 7.16. The highest BCUT2D eigenvalue weighted by atomic mass is 16.6. The number of nitrogens with zero attached hydrogens (tertiary/aromatic N) is 1. The second kappa shape index (κ2) is 6.56. The lowest BCUT2D eigenvalue weighted by atomic mass is 10.0. The Hall–Kier alpha value is -2.43. The molecule has 0 aliphatic carbocycles. The maximum Gasteiger partial charge on any atom is 0.346 e. The number of benzene rings is 1. The molecule has 0 radical (unpaired) electrons. The van der Waals surface area contributed by atoms with Crippen LogP contribution in [-0.4, -0.2) is 30.1 Å². The van der Waals surface area contributed by atoms with Crippen LogP contribution < -0.4 is 0 Å². The molecule has 5 heteroatoms. The zero-order valence-electron chi connectivity index (χ0n) is 13.2. The molecule has 1 aromatic carbocycles. The lowest BCUT2D eigenvalue weighted by Gasteiger charge is -2.15. The van der Waals surface area contributed by atoms with Crippen LogP contribution in [0.4, 0.5) is 0 Å². The SMILES string of the molecule is CCc1nc2ccccc2c(C(=O)OC(C)C(=O)OC)c1C. The third kappa shape index (κ3) is 2.93. The van der Waals surface area contributed by atoms with E-state index in [0.717, 1.165) is 22.2 Å². The molecule has 5 nitrogen and oxygen atoms in total. The number of aryl methyl sites for hydroxylation is 1. The fraction of sp³-hybridized carbons (Fsp3) is 0.353. The van der Waals surface area contributed by atoms with Gasteiger partial charge in [0, 0.05) is 11.1 Å². The molecule has 1 heterocycles. The minimum atomic E-state index is -0.950. The van der Waals surface area contributed by atoms with Crippen LogP contribution in [0.1, 0.15) is 35.5 Å². The van der Waals surface area contributed by atoms with Crippen LogP contribution >= 0.6 is 0 Å². The molecule has 0 amide bonds. The monoisotopic (exact) mass is 301 g/mol. The third-order valence-electron chi connectivity index (χ3n) is 3.59. The molecular formula is C17H19NO4. The van der Waals surface area contributed by atoms with Crippen LogP contribution in [0.5, 0.6) is 0 Å². The molecule has 0 saturated heterocycles. The van der Waals surface area contributed by atoms with E-state index in [0.29, 0.717) is 12.0 Å². The van der Waals surface area contributed by atoms with E-state index in [9.17, 15) is 9.59 Å². The lowest BCUT2D eigenvalue weighted by molar-refractivity contribution is -0.149. The molecule has 0 aliphatic rings. The second-order valence-electron chi connectivity index (χ2n) is 5.00. The minimum Gasteiger partial charge on any atom is -0.466 e. The number of hydrogen-bond donors (Lipinski definition) is 0. The normalized spacial score (nSPS) is 12.0. The fourth-order valence-corrected chi connectivity index (χ4v) is 2.40. The average Bonchev–Trinajstić information content (AvgIpc) is 2.53. The summed E-state index contributed by atoms with van der Waals surface area (Å²) in [6, 6.07) is 7.40. The first-order valence-corrected chi connectivity index (χ1v) is 7.16. The minimum absolute atomic E-state index is 0.457. The molecule has 0 spiro atoms. The standard InChI is InChI=1S/C17H19NO4/c1-5-13-10(2)15(12-8-6-7-9-14(12)18-13)17(20)22-11(3)16(19)21-4/h6-9,11H,5H2,1-4H3. The maximum atomic E-state index is 12.5. The van der Waals surface area contributed by atoms with Crippen LogP contribution in [0.3, 0.4) is 0 Å². The Morgan fingerprint density at radius 3 is 2.59 bits per heavy atom. The first-order chi connectivity index (χ1) is 10.5. The highest BCUT2D eigenvalue weighted by Gasteiger charge is 2.23. The summed E-state index contributed by atoms with van der Waals surface area (Å²) in [7, 11) is 1.26. The quantitative estimate of drug-likeness (QED) is 0.812. The third-order valence-corrected chi connectivity index (χ3v) is 3.59. The second-order valence-corrected chi connectivity index (χ2v) is 5.00. The number of methoxy groups -OCH3 is 1. The number of pyridine rings is 1. The van der Waals surface area contributed by atoms with Gasteiger partial charge >= 0.3 is 11.9 Å². The van der Waals surface area contributed by atoms with Gasteiger partial charge in [-0.05, 0) is 31.9 Å². The number of aromatic nitrogens is 1. The van der Waals surface area contributed by atoms with Crippen LogP contribution in [0.25, 0.3) is 10.9 Å². The highest BCUT2D eigenvalue weighted by Crippen LogP contribution is 2.24. The zero-order chi connectivity index (χ0) is 16.3. The van der Waals surface area contributed by atoms with E-state index in [1.54, 1.807) is 0 Å². The Labute approximate surface area is 129 Å². The number of hydrogen-bond acceptors (Lipinski definition) is 5. The number of carbonyl (C=O) groups excluding carboxylic acids is 2. The predicted octanol–water partition coefficient (Wildman–Crippen LogP) is 2.82. The lowest BCUT2D eigenvalue weighted by Crippen LogP contribution is -2.26. The number of rotatable bonds is 4. The number of para-hydroxylation sites is 1. The Bertz CT molecular complexity index is 724. The van der Waals surface area contributed by atoms with Crippen molar-refractivity contribution < 1.29 is 19.1 Å². The van der Waals surface area contributed by atoms with Crippen molar-refractivity contribution in [3.8, 4) is 0 Å². The molecule has 22 heavy (non-hydrogen) atoms. The van der Waals surface area contributed by atoms with E-state index in [-0.39, 0.29) is 0 Å². The Balaban J connectivity index is 2.51. The molecule has 1 aromatic heterocycles. The van der Waals surface area contributed by atoms with Crippen molar-refractivity contribution in [2.45, 2.75) is 33.3 Å². The van der Waals surface area contributed by atoms with E-state index in [2.05, 4.69) is 9.72 Å². The van der Waals surface area contributed by atoms with E-state index in [1.807, 2.05) is 38.1 Å². The molecule has 1 unspecified atom stereocenters. The van der Waals surface area contributed by atoms with Crippen molar-refractivity contribution in [3.63, 3.8) is 0 Å². The summed E-state index contributed by atoms with van der Waals surface area (Å²) in [5.41, 5.74) is 2.82. The van der Waals surface area contributed by atoms with Gasteiger partial charge in [-0.25, -0.2) is 9.59 Å². The van der Waals surface area contributed by atoms with Crippen molar-refractivity contribution in [1.82, 2.24) is 4.98 Å². The largest absolute Gasteiger partial charge is 0.466 e. The van der Waals surface area contributed by atoms with Crippen LogP contribution in [0.2, 0.25) is 0 Å². The van der Waals surface area contributed by atoms with Crippen LogP contribution in [0, 0.1) is 6.92 Å². The van der Waals surface area contributed by atoms with Gasteiger partial charge in [0.25, 0.3) is 0 Å². The predicted molar refractivity (Wildman–Crippen MR) is 82.8 cm³/mol. The summed E-state index contributed by atoms with van der Waals surface area (Å²) in [6.45, 7) is 5.32. The molecule has 0 fully saturated rings. The van der Waals surface area contributed by atoms with Gasteiger partial charge in [-0.15, -0.1) is 0 Å². The van der Waals surface area contributed by atoms with Crippen molar-refractivity contribution >= 4 is 22.8 Å². The van der Waals surface area contributed by atoms with Gasteiger partial charge in [-0.1, -0.05) is 25.1 Å². The topological polar surface area (TPSA) is 65.5 Å². The summed E-state index contributed by atoms with van der Waals surface area (Å²) < 4.78 is 9.82. The molecule has 0 bridgehead atoms. The summed E-state index contributed by atoms with van der Waals surface area (Å²) in [5, 5.41) is 0.722. The molecule has 0 saturated carbocycles. The van der Waals surface area contributed by atoms with Crippen molar-refractivity contribution in [2.75, 3.05) is 7.11 Å². The van der Waals surface area contributed by atoms with Gasteiger partial charge < -0.3 is 9.47 Å². The zero-order valence-corrected chi connectivity index (χ0v) is 13.2. The summed E-state index contributed by atoms with van der Waals surface area (Å²) in [6.07, 6.45) is -0.238. The smallest absolute Gasteiger partial charge is 0.346 e. The van der Waals surface area contributed by atoms with Crippen molar-refractivity contribution in [1.29, 1.82) is 0 Å². The molecule has 1 atom stereocenters. The average molecular weight is 301 g/mol. The number of fused-ring (bicyclic) bond motifs is 1. The Morgan fingerprint density at radius 2 is 1.95 bits per heavy atom. The van der Waals surface area contributed by atoms with Gasteiger partial charge in [-0.2, -0.15) is 0 Å². The van der Waals surface area contributed by atoms with Crippen LogP contribution in [0.15, 0.2) is 24.3 Å². The first kappa shape index (κ1) is 15.9. The molecule has 116 valence electrons. The number of carbonyl (C=O) groups is 2. The van der Waals surface area contributed by atoms with Crippen molar-refractivity contribution in [2.24, 2.45) is 0 Å². The fourth-order valence-electron chi connectivity index (χ4n) is 2.40. The van der Waals surface area contributed by atoms with Gasteiger partial charge in [0.15, 0.2) is 6.10 Å². The van der Waals surface area contributed by atoms with E-state index in [4.69, 9.17) is 4.74 Å². The van der Waals surface area contributed by atoms with Crippen molar-refractivity contribution in [3.05, 3.63) is 41.1 Å². The van der Waals surface area contributed by atoms with E-state index >= 15 is 0 Å². The maximum absolute atomic E-state index is 12.5. The molecule has 0 N–H and O–H groups in total.